The second-order valence-electron chi connectivity index (χ2n) is 4.40. The number of rotatable bonds is 2. The van der Waals surface area contributed by atoms with Crippen LogP contribution in [0.1, 0.15) is 17.5 Å². The lowest BCUT2D eigenvalue weighted by Gasteiger charge is -2.19. The van der Waals surface area contributed by atoms with Crippen molar-refractivity contribution in [1.82, 2.24) is 0 Å². The van der Waals surface area contributed by atoms with Crippen molar-refractivity contribution in [2.24, 2.45) is 5.92 Å². The lowest BCUT2D eigenvalue weighted by atomic mass is 10.1. The van der Waals surface area contributed by atoms with Crippen LogP contribution in [0.2, 0.25) is 0 Å². The number of carbonyl (C=O) groups is 1. The molecule has 0 saturated carbocycles. The Labute approximate surface area is 100 Å². The van der Waals surface area contributed by atoms with Crippen LogP contribution in [0.15, 0.2) is 18.2 Å². The average molecular weight is 230 g/mol. The predicted octanol–water partition coefficient (Wildman–Crippen LogP) is 1.78. The standard InChI is InChI=1S/C13H14N2O2/c1-9-2-3-10(7-14)12(6-9)15-5-4-11(8-15)13(16)17/h2-3,6,11H,4-5,8H2,1H3,(H,16,17). The molecule has 0 radical (unpaired) electrons. The maximum atomic E-state index is 10.9. The smallest absolute Gasteiger partial charge is 0.308 e. The summed E-state index contributed by atoms with van der Waals surface area (Å²) in [6, 6.07) is 7.79. The van der Waals surface area contributed by atoms with E-state index in [-0.39, 0.29) is 5.92 Å². The first-order valence-corrected chi connectivity index (χ1v) is 5.60. The normalized spacial score (nSPS) is 19.1. The molecular weight excluding hydrogens is 216 g/mol. The molecule has 1 atom stereocenters. The fraction of sp³-hybridized carbons (Fsp3) is 0.385. The zero-order valence-electron chi connectivity index (χ0n) is 9.68. The Balaban J connectivity index is 2.27. The largest absolute Gasteiger partial charge is 0.481 e. The molecule has 0 bridgehead atoms. The molecule has 2 rings (SSSR count). The minimum atomic E-state index is -0.751. The highest BCUT2D eigenvalue weighted by atomic mass is 16.4. The topological polar surface area (TPSA) is 64.3 Å². The van der Waals surface area contributed by atoms with Crippen molar-refractivity contribution in [2.75, 3.05) is 18.0 Å². The van der Waals surface area contributed by atoms with Gasteiger partial charge in [0.15, 0.2) is 0 Å². The van der Waals surface area contributed by atoms with Gasteiger partial charge in [-0.3, -0.25) is 4.79 Å². The number of aliphatic carboxylic acids is 1. The summed E-state index contributed by atoms with van der Waals surface area (Å²) < 4.78 is 0. The fourth-order valence-corrected chi connectivity index (χ4v) is 2.18. The molecule has 0 amide bonds. The summed E-state index contributed by atoms with van der Waals surface area (Å²) in [5, 5.41) is 18.0. The number of carboxylic acids is 1. The Kier molecular flexibility index (Phi) is 3.01. The summed E-state index contributed by atoms with van der Waals surface area (Å²) in [5.41, 5.74) is 2.55. The third kappa shape index (κ3) is 2.23. The molecule has 0 spiro atoms. The average Bonchev–Trinajstić information content (AvgIpc) is 2.78. The highest BCUT2D eigenvalue weighted by molar-refractivity contribution is 5.73. The van der Waals surface area contributed by atoms with Crippen molar-refractivity contribution >= 4 is 11.7 Å². The molecular formula is C13H14N2O2. The van der Waals surface area contributed by atoms with Crippen molar-refractivity contribution < 1.29 is 9.90 Å². The molecule has 1 N–H and O–H groups in total. The summed E-state index contributed by atoms with van der Waals surface area (Å²) in [6.45, 7) is 3.16. The molecule has 1 heterocycles. The van der Waals surface area contributed by atoms with Crippen LogP contribution in [0.4, 0.5) is 5.69 Å². The van der Waals surface area contributed by atoms with Gasteiger partial charge < -0.3 is 10.0 Å². The van der Waals surface area contributed by atoms with Gasteiger partial charge in [0.05, 0.1) is 17.2 Å². The van der Waals surface area contributed by atoms with Crippen LogP contribution in [0.5, 0.6) is 0 Å². The molecule has 0 aliphatic carbocycles. The SMILES string of the molecule is Cc1ccc(C#N)c(N2CCC(C(=O)O)C2)c1. The molecule has 17 heavy (non-hydrogen) atoms. The summed E-state index contributed by atoms with van der Waals surface area (Å²) in [7, 11) is 0. The third-order valence-corrected chi connectivity index (χ3v) is 3.15. The number of benzene rings is 1. The predicted molar refractivity (Wildman–Crippen MR) is 63.8 cm³/mol. The van der Waals surface area contributed by atoms with Gasteiger partial charge in [0.25, 0.3) is 0 Å². The zero-order valence-corrected chi connectivity index (χ0v) is 9.68. The summed E-state index contributed by atoms with van der Waals surface area (Å²) in [6.07, 6.45) is 0.647. The van der Waals surface area contributed by atoms with E-state index in [9.17, 15) is 4.79 Å². The van der Waals surface area contributed by atoms with Gasteiger partial charge in [-0.15, -0.1) is 0 Å². The highest BCUT2D eigenvalue weighted by Gasteiger charge is 2.29. The van der Waals surface area contributed by atoms with Gasteiger partial charge in [-0.2, -0.15) is 5.26 Å². The minimum absolute atomic E-state index is 0.318. The number of hydrogen-bond acceptors (Lipinski definition) is 3. The fourth-order valence-electron chi connectivity index (χ4n) is 2.18. The van der Waals surface area contributed by atoms with E-state index < -0.39 is 5.97 Å². The van der Waals surface area contributed by atoms with Gasteiger partial charge >= 0.3 is 5.97 Å². The van der Waals surface area contributed by atoms with Crippen LogP contribution in [0, 0.1) is 24.2 Å². The summed E-state index contributed by atoms with van der Waals surface area (Å²) in [4.78, 5) is 12.9. The molecule has 4 nitrogen and oxygen atoms in total. The first-order valence-electron chi connectivity index (χ1n) is 5.60. The second-order valence-corrected chi connectivity index (χ2v) is 4.40. The number of carboxylic acid groups (broad SMARTS) is 1. The lowest BCUT2D eigenvalue weighted by Crippen LogP contribution is -2.23. The van der Waals surface area contributed by atoms with E-state index in [0.717, 1.165) is 11.3 Å². The van der Waals surface area contributed by atoms with Crippen molar-refractivity contribution in [3.05, 3.63) is 29.3 Å². The Morgan fingerprint density at radius 1 is 1.59 bits per heavy atom. The van der Waals surface area contributed by atoms with E-state index in [1.54, 1.807) is 6.07 Å². The van der Waals surface area contributed by atoms with Gasteiger partial charge in [0.1, 0.15) is 6.07 Å². The van der Waals surface area contributed by atoms with E-state index in [4.69, 9.17) is 10.4 Å². The third-order valence-electron chi connectivity index (χ3n) is 3.15. The van der Waals surface area contributed by atoms with E-state index in [1.165, 1.54) is 0 Å². The van der Waals surface area contributed by atoms with E-state index in [2.05, 4.69) is 6.07 Å². The lowest BCUT2D eigenvalue weighted by molar-refractivity contribution is -0.140. The van der Waals surface area contributed by atoms with Crippen LogP contribution in [0.25, 0.3) is 0 Å². The molecule has 0 aromatic heterocycles. The van der Waals surface area contributed by atoms with E-state index in [1.807, 2.05) is 24.0 Å². The van der Waals surface area contributed by atoms with E-state index in [0.29, 0.717) is 25.1 Å². The molecule has 1 aliphatic heterocycles. The molecule has 4 heteroatoms. The molecule has 1 aromatic carbocycles. The molecule has 1 saturated heterocycles. The first kappa shape index (κ1) is 11.5. The van der Waals surface area contributed by atoms with Gasteiger partial charge in [-0.1, -0.05) is 6.07 Å². The Morgan fingerprint density at radius 2 is 2.35 bits per heavy atom. The molecule has 1 aliphatic rings. The van der Waals surface area contributed by atoms with Crippen LogP contribution in [-0.4, -0.2) is 24.2 Å². The van der Waals surface area contributed by atoms with E-state index >= 15 is 0 Å². The zero-order chi connectivity index (χ0) is 12.4. The Bertz CT molecular complexity index is 491. The van der Waals surface area contributed by atoms with Gasteiger partial charge in [0.2, 0.25) is 0 Å². The van der Waals surface area contributed by atoms with Crippen LogP contribution in [-0.2, 0) is 4.79 Å². The van der Waals surface area contributed by atoms with Crippen molar-refractivity contribution in [3.63, 3.8) is 0 Å². The monoisotopic (exact) mass is 230 g/mol. The summed E-state index contributed by atoms with van der Waals surface area (Å²) in [5.74, 6) is -1.07. The quantitative estimate of drug-likeness (QED) is 0.841. The van der Waals surface area contributed by atoms with Gasteiger partial charge in [-0.05, 0) is 31.0 Å². The van der Waals surface area contributed by atoms with Crippen LogP contribution < -0.4 is 4.90 Å². The number of nitriles is 1. The second kappa shape index (κ2) is 4.46. The molecule has 1 fully saturated rings. The van der Waals surface area contributed by atoms with Crippen molar-refractivity contribution in [1.29, 1.82) is 5.26 Å². The first-order chi connectivity index (χ1) is 8.11. The molecule has 1 unspecified atom stereocenters. The van der Waals surface area contributed by atoms with Gasteiger partial charge in [-0.25, -0.2) is 0 Å². The van der Waals surface area contributed by atoms with Crippen LogP contribution in [0.3, 0.4) is 0 Å². The maximum Gasteiger partial charge on any atom is 0.308 e. The van der Waals surface area contributed by atoms with Gasteiger partial charge in [0, 0.05) is 13.1 Å². The highest BCUT2D eigenvalue weighted by Crippen LogP contribution is 2.27. The Hall–Kier alpha value is -2.02. The number of anilines is 1. The van der Waals surface area contributed by atoms with Crippen molar-refractivity contribution in [2.45, 2.75) is 13.3 Å². The minimum Gasteiger partial charge on any atom is -0.481 e. The molecule has 88 valence electrons. The summed E-state index contributed by atoms with van der Waals surface area (Å²) >= 11 is 0. The molecule has 1 aromatic rings. The number of aryl methyl sites for hydroxylation is 1. The van der Waals surface area contributed by atoms with Crippen LogP contribution >= 0.6 is 0 Å². The number of hydrogen-bond donors (Lipinski definition) is 1. The Morgan fingerprint density at radius 3 is 2.94 bits per heavy atom. The van der Waals surface area contributed by atoms with Crippen molar-refractivity contribution in [3.8, 4) is 6.07 Å². The number of nitrogens with zero attached hydrogens (tertiary/aromatic N) is 2. The maximum absolute atomic E-state index is 10.9.